The molecule has 5 nitrogen and oxygen atoms in total. The molecule has 0 aliphatic heterocycles. The number of rotatable bonds is 7. The highest BCUT2D eigenvalue weighted by atomic mass is 16.3. The van der Waals surface area contributed by atoms with Gasteiger partial charge in [-0.05, 0) is 43.0 Å². The van der Waals surface area contributed by atoms with Crippen LogP contribution < -0.4 is 5.32 Å². The van der Waals surface area contributed by atoms with Crippen LogP contribution >= 0.6 is 0 Å². The number of furan rings is 1. The van der Waals surface area contributed by atoms with Crippen LogP contribution in [-0.4, -0.2) is 22.8 Å². The van der Waals surface area contributed by atoms with Crippen LogP contribution in [-0.2, 0) is 11.3 Å². The van der Waals surface area contributed by atoms with E-state index in [1.165, 1.54) is 6.26 Å². The third kappa shape index (κ3) is 5.05. The van der Waals surface area contributed by atoms with Crippen molar-refractivity contribution >= 4 is 11.8 Å². The first-order valence-corrected chi connectivity index (χ1v) is 10.9. The van der Waals surface area contributed by atoms with Crippen LogP contribution in [0.25, 0.3) is 0 Å². The summed E-state index contributed by atoms with van der Waals surface area (Å²) < 4.78 is 5.41. The maximum atomic E-state index is 13.6. The quantitative estimate of drug-likeness (QED) is 0.588. The fourth-order valence-corrected chi connectivity index (χ4v) is 4.17. The van der Waals surface area contributed by atoms with Crippen LogP contribution in [0.1, 0.15) is 59.0 Å². The minimum absolute atomic E-state index is 0.147. The summed E-state index contributed by atoms with van der Waals surface area (Å²) in [5, 5.41) is 3.20. The molecule has 1 fully saturated rings. The number of hydrogen-bond donors (Lipinski definition) is 1. The summed E-state index contributed by atoms with van der Waals surface area (Å²) in [5.41, 5.74) is 2.84. The summed E-state index contributed by atoms with van der Waals surface area (Å²) in [7, 11) is 0. The molecule has 1 atom stereocenters. The van der Waals surface area contributed by atoms with E-state index in [0.717, 1.165) is 42.4 Å². The number of carbonyl (C=O) groups is 2. The molecule has 31 heavy (non-hydrogen) atoms. The van der Waals surface area contributed by atoms with Gasteiger partial charge >= 0.3 is 0 Å². The van der Waals surface area contributed by atoms with Crippen molar-refractivity contribution in [2.75, 3.05) is 0 Å². The first-order valence-electron chi connectivity index (χ1n) is 10.9. The van der Waals surface area contributed by atoms with E-state index in [-0.39, 0.29) is 23.6 Å². The Kier molecular flexibility index (Phi) is 6.51. The highest BCUT2D eigenvalue weighted by molar-refractivity contribution is 5.96. The zero-order chi connectivity index (χ0) is 21.6. The van der Waals surface area contributed by atoms with E-state index in [1.807, 2.05) is 61.5 Å². The molecule has 4 rings (SSSR count). The number of nitrogens with zero attached hydrogens (tertiary/aromatic N) is 1. The molecule has 2 amide bonds. The first-order chi connectivity index (χ1) is 15.1. The van der Waals surface area contributed by atoms with Gasteiger partial charge in [-0.3, -0.25) is 9.59 Å². The van der Waals surface area contributed by atoms with Crippen LogP contribution in [0, 0.1) is 6.92 Å². The van der Waals surface area contributed by atoms with Crippen molar-refractivity contribution in [3.05, 3.63) is 95.4 Å². The van der Waals surface area contributed by atoms with E-state index in [4.69, 9.17) is 4.42 Å². The number of aryl methyl sites for hydroxylation is 1. The van der Waals surface area contributed by atoms with Crippen molar-refractivity contribution in [2.24, 2.45) is 0 Å². The monoisotopic (exact) mass is 416 g/mol. The zero-order valence-electron chi connectivity index (χ0n) is 17.8. The fraction of sp³-hybridized carbons (Fsp3) is 0.308. The molecule has 5 heteroatoms. The lowest BCUT2D eigenvalue weighted by Crippen LogP contribution is -2.45. The number of amides is 2. The van der Waals surface area contributed by atoms with Crippen LogP contribution in [0.3, 0.4) is 0 Å². The summed E-state index contributed by atoms with van der Waals surface area (Å²) in [5.74, 6) is -0.228. The van der Waals surface area contributed by atoms with Gasteiger partial charge in [0.15, 0.2) is 5.76 Å². The topological polar surface area (TPSA) is 62.6 Å². The molecule has 1 heterocycles. The number of carbonyl (C=O) groups excluding carboxylic acids is 2. The molecule has 2 aromatic carbocycles. The molecule has 0 bridgehead atoms. The summed E-state index contributed by atoms with van der Waals surface area (Å²) in [6.07, 6.45) is 5.69. The summed E-state index contributed by atoms with van der Waals surface area (Å²) >= 11 is 0. The molecule has 3 aromatic rings. The Labute approximate surface area is 183 Å². The summed E-state index contributed by atoms with van der Waals surface area (Å²) in [6.45, 7) is 2.31. The molecular weight excluding hydrogens is 388 g/mol. The molecule has 0 unspecified atom stereocenters. The van der Waals surface area contributed by atoms with E-state index in [1.54, 1.807) is 17.0 Å². The minimum atomic E-state index is -0.751. The van der Waals surface area contributed by atoms with Crippen LogP contribution in [0.2, 0.25) is 0 Å². The molecule has 0 radical (unpaired) electrons. The molecule has 1 aliphatic carbocycles. The highest BCUT2D eigenvalue weighted by Gasteiger charge is 2.34. The maximum absolute atomic E-state index is 13.6. The third-order valence-corrected chi connectivity index (χ3v) is 5.84. The van der Waals surface area contributed by atoms with Crippen molar-refractivity contribution in [3.8, 4) is 0 Å². The van der Waals surface area contributed by atoms with Crippen molar-refractivity contribution < 1.29 is 14.0 Å². The fourth-order valence-electron chi connectivity index (χ4n) is 4.17. The molecule has 1 aromatic heterocycles. The Morgan fingerprint density at radius 3 is 2.35 bits per heavy atom. The van der Waals surface area contributed by atoms with Gasteiger partial charge < -0.3 is 14.6 Å². The normalized spacial score (nSPS) is 14.9. The average molecular weight is 417 g/mol. The lowest BCUT2D eigenvalue weighted by molar-refractivity contribution is -0.126. The summed E-state index contributed by atoms with van der Waals surface area (Å²) in [4.78, 5) is 28.7. The molecule has 1 saturated carbocycles. The van der Waals surface area contributed by atoms with Crippen molar-refractivity contribution in [1.29, 1.82) is 0 Å². The van der Waals surface area contributed by atoms with E-state index >= 15 is 0 Å². The minimum Gasteiger partial charge on any atom is -0.459 e. The maximum Gasteiger partial charge on any atom is 0.290 e. The second-order valence-corrected chi connectivity index (χ2v) is 8.20. The Morgan fingerprint density at radius 1 is 1.00 bits per heavy atom. The van der Waals surface area contributed by atoms with Crippen LogP contribution in [0.15, 0.2) is 77.4 Å². The number of hydrogen-bond acceptors (Lipinski definition) is 3. The largest absolute Gasteiger partial charge is 0.459 e. The van der Waals surface area contributed by atoms with Gasteiger partial charge in [-0.25, -0.2) is 0 Å². The Bertz CT molecular complexity index is 991. The van der Waals surface area contributed by atoms with Crippen LogP contribution in [0.5, 0.6) is 0 Å². The van der Waals surface area contributed by atoms with Gasteiger partial charge in [-0.1, -0.05) is 73.0 Å². The number of benzene rings is 2. The van der Waals surface area contributed by atoms with E-state index in [9.17, 15) is 9.59 Å². The molecule has 1 N–H and O–H groups in total. The van der Waals surface area contributed by atoms with E-state index in [2.05, 4.69) is 5.32 Å². The van der Waals surface area contributed by atoms with Gasteiger partial charge in [0, 0.05) is 12.6 Å². The van der Waals surface area contributed by atoms with E-state index < -0.39 is 6.04 Å². The predicted octanol–water partition coefficient (Wildman–Crippen LogP) is 5.03. The molecule has 160 valence electrons. The first kappa shape index (κ1) is 20.9. The molecule has 1 aliphatic rings. The van der Waals surface area contributed by atoms with E-state index in [0.29, 0.717) is 6.54 Å². The molecule has 0 spiro atoms. The second kappa shape index (κ2) is 9.65. The SMILES string of the molecule is Cc1ccc([C@@H](C(=O)NC2CCCC2)N(Cc2ccccc2)C(=O)c2ccco2)cc1. The highest BCUT2D eigenvalue weighted by Crippen LogP contribution is 2.28. The van der Waals surface area contributed by atoms with Gasteiger partial charge in [0.1, 0.15) is 6.04 Å². The lowest BCUT2D eigenvalue weighted by atomic mass is 10.0. The predicted molar refractivity (Wildman–Crippen MR) is 119 cm³/mol. The van der Waals surface area contributed by atoms with Gasteiger partial charge in [0.25, 0.3) is 5.91 Å². The van der Waals surface area contributed by atoms with Crippen molar-refractivity contribution in [2.45, 2.75) is 51.2 Å². The van der Waals surface area contributed by atoms with Crippen LogP contribution in [0.4, 0.5) is 0 Å². The van der Waals surface area contributed by atoms with Crippen molar-refractivity contribution in [3.63, 3.8) is 0 Å². The Balaban J connectivity index is 1.72. The van der Waals surface area contributed by atoms with Gasteiger partial charge in [0.2, 0.25) is 5.91 Å². The third-order valence-electron chi connectivity index (χ3n) is 5.84. The Morgan fingerprint density at radius 2 is 1.71 bits per heavy atom. The van der Waals surface area contributed by atoms with Crippen molar-refractivity contribution in [1.82, 2.24) is 10.2 Å². The second-order valence-electron chi connectivity index (χ2n) is 8.20. The molecule has 0 saturated heterocycles. The number of nitrogens with one attached hydrogen (secondary N) is 1. The van der Waals surface area contributed by atoms with Gasteiger partial charge in [-0.2, -0.15) is 0 Å². The average Bonchev–Trinajstić information content (AvgIpc) is 3.49. The molecular formula is C26H28N2O3. The van der Waals surface area contributed by atoms with Gasteiger partial charge in [0.05, 0.1) is 6.26 Å². The standard InChI is InChI=1S/C26H28N2O3/c1-19-13-15-21(16-14-19)24(25(29)27-22-10-5-6-11-22)28(18-20-8-3-2-4-9-20)26(30)23-12-7-17-31-23/h2-4,7-9,12-17,22,24H,5-6,10-11,18H2,1H3,(H,27,29)/t24-/m0/s1. The smallest absolute Gasteiger partial charge is 0.290 e. The lowest BCUT2D eigenvalue weighted by Gasteiger charge is -2.32. The Hall–Kier alpha value is -3.34. The zero-order valence-corrected chi connectivity index (χ0v) is 17.8. The summed E-state index contributed by atoms with van der Waals surface area (Å²) in [6, 6.07) is 20.3. The van der Waals surface area contributed by atoms with Gasteiger partial charge in [-0.15, -0.1) is 0 Å².